The summed E-state index contributed by atoms with van der Waals surface area (Å²) in [5, 5.41) is 22.8. The lowest BCUT2D eigenvalue weighted by atomic mass is 9.87. The van der Waals surface area contributed by atoms with Gasteiger partial charge in [0, 0.05) is 6.20 Å². The summed E-state index contributed by atoms with van der Waals surface area (Å²) < 4.78 is 10.6. The molecule has 0 saturated carbocycles. The highest BCUT2D eigenvalue weighted by atomic mass is 32.2. The zero-order chi connectivity index (χ0) is 24.3. The van der Waals surface area contributed by atoms with Gasteiger partial charge in [-0.2, -0.15) is 13.5 Å². The van der Waals surface area contributed by atoms with Gasteiger partial charge in [-0.15, -0.1) is 11.8 Å². The monoisotopic (exact) mass is 519 g/mol. The molecule has 2 aliphatic rings. The fraction of sp³-hybridized carbons (Fsp3) is 0.227. The van der Waals surface area contributed by atoms with E-state index in [1.165, 1.54) is 12.1 Å². The molecular formula is C22H21N3O8S2. The Morgan fingerprint density at radius 2 is 1.83 bits per heavy atom. The third-order valence-corrected chi connectivity index (χ3v) is 6.50. The predicted octanol–water partition coefficient (Wildman–Crippen LogP) is 1.87. The van der Waals surface area contributed by atoms with Crippen molar-refractivity contribution in [2.45, 2.75) is 17.1 Å². The molecule has 2 aromatic rings. The molecule has 184 valence electrons. The lowest BCUT2D eigenvalue weighted by Gasteiger charge is -2.53. The Hall–Kier alpha value is -3.71. The second-order valence-corrected chi connectivity index (χ2v) is 8.48. The third-order valence-electron chi connectivity index (χ3n) is 5.14. The summed E-state index contributed by atoms with van der Waals surface area (Å²) >= 11 is 1.01. The number of fused-ring (bicyclic) bond motifs is 1. The highest BCUT2D eigenvalue weighted by Crippen LogP contribution is 2.44. The molecule has 35 heavy (non-hydrogen) atoms. The highest BCUT2D eigenvalue weighted by molar-refractivity contribution is 8.00. The fourth-order valence-electron chi connectivity index (χ4n) is 3.57. The number of nitrogens with one attached hydrogen (secondary N) is 1. The fourth-order valence-corrected chi connectivity index (χ4v) is 4.80. The average molecular weight is 520 g/mol. The number of aliphatic hydroxyl groups excluding tert-OH is 1. The molecule has 4 rings (SSSR count). The van der Waals surface area contributed by atoms with Gasteiger partial charge in [0.05, 0.1) is 16.2 Å². The van der Waals surface area contributed by atoms with Crippen LogP contribution in [0.2, 0.25) is 0 Å². The molecule has 2 amide bonds. The number of benzene rings is 2. The Morgan fingerprint density at radius 3 is 2.46 bits per heavy atom. The van der Waals surface area contributed by atoms with E-state index in [0.29, 0.717) is 5.75 Å². The molecule has 2 aliphatic heterocycles. The highest BCUT2D eigenvalue weighted by Gasteiger charge is 2.69. The van der Waals surface area contributed by atoms with Gasteiger partial charge in [-0.05, 0) is 24.3 Å². The topological polar surface area (TPSA) is 148 Å². The van der Waals surface area contributed by atoms with Crippen LogP contribution in [0.4, 0.5) is 0 Å². The van der Waals surface area contributed by atoms with Crippen LogP contribution in [0.5, 0.6) is 5.75 Å². The Balaban J connectivity index is 0.00000342. The van der Waals surface area contributed by atoms with E-state index in [1.807, 2.05) is 0 Å². The first-order chi connectivity index (χ1) is 16.3. The van der Waals surface area contributed by atoms with Crippen LogP contribution in [0.15, 0.2) is 72.6 Å². The largest absolute Gasteiger partial charge is 0.510 e. The molecule has 0 spiro atoms. The number of β-lactam (4-membered cyclic amide) rings is 1. The Morgan fingerprint density at radius 1 is 1.20 bits per heavy atom. The first-order valence-corrected chi connectivity index (χ1v) is 11.1. The van der Waals surface area contributed by atoms with Gasteiger partial charge in [-0.25, -0.2) is 4.79 Å². The maximum Gasteiger partial charge on any atom is 0.382 e. The van der Waals surface area contributed by atoms with E-state index in [4.69, 9.17) is 9.47 Å². The molecule has 2 unspecified atom stereocenters. The molecule has 1 fully saturated rings. The van der Waals surface area contributed by atoms with Crippen molar-refractivity contribution in [3.8, 4) is 5.75 Å². The zero-order valence-electron chi connectivity index (χ0n) is 18.0. The number of esters is 1. The van der Waals surface area contributed by atoms with Crippen molar-refractivity contribution in [1.82, 2.24) is 10.2 Å². The molecule has 11 nitrogen and oxygen atoms in total. The zero-order valence-corrected chi connectivity index (χ0v) is 19.8. The Labute approximate surface area is 210 Å². The molecular weight excluding hydrogens is 498 g/mol. The van der Waals surface area contributed by atoms with Crippen LogP contribution in [-0.4, -0.2) is 56.0 Å². The van der Waals surface area contributed by atoms with E-state index in [-0.39, 0.29) is 30.6 Å². The van der Waals surface area contributed by atoms with E-state index < -0.39 is 46.5 Å². The number of hydrogen-bond donors (Lipinski definition) is 2. The Bertz CT molecular complexity index is 1150. The minimum atomic E-state index is -2.22. The van der Waals surface area contributed by atoms with Crippen molar-refractivity contribution < 1.29 is 33.9 Å². The number of para-hydroxylation sites is 1. The number of hydrogen-bond acceptors (Lipinski definition) is 9. The van der Waals surface area contributed by atoms with Crippen molar-refractivity contribution in [3.05, 3.63) is 88.3 Å². The molecule has 0 bridgehead atoms. The molecule has 2 N–H and O–H groups in total. The van der Waals surface area contributed by atoms with E-state index >= 15 is 0 Å². The maximum absolute atomic E-state index is 13.3. The summed E-state index contributed by atoms with van der Waals surface area (Å²) in [6.45, 7) is -0.512. The lowest BCUT2D eigenvalue weighted by molar-refractivity contribution is -0.576. The molecule has 1 saturated heterocycles. The van der Waals surface area contributed by atoms with Crippen molar-refractivity contribution in [3.63, 3.8) is 0 Å². The minimum Gasteiger partial charge on any atom is -0.510 e. The van der Waals surface area contributed by atoms with Crippen LogP contribution in [0.25, 0.3) is 0 Å². The average Bonchev–Trinajstić information content (AvgIpc) is 2.85. The number of carbonyl (C=O) groups excluding carboxylic acids is 3. The van der Waals surface area contributed by atoms with E-state index in [1.54, 1.807) is 48.5 Å². The summed E-state index contributed by atoms with van der Waals surface area (Å²) in [4.78, 5) is 50.9. The van der Waals surface area contributed by atoms with E-state index in [0.717, 1.165) is 22.9 Å². The minimum absolute atomic E-state index is 0. The summed E-state index contributed by atoms with van der Waals surface area (Å²) in [5.74, 6) is -2.59. The van der Waals surface area contributed by atoms with Crippen molar-refractivity contribution in [1.29, 1.82) is 0 Å². The van der Waals surface area contributed by atoms with Crippen molar-refractivity contribution >= 4 is 43.0 Å². The van der Waals surface area contributed by atoms with Gasteiger partial charge < -0.3 is 19.9 Å². The smallest absolute Gasteiger partial charge is 0.382 e. The quantitative estimate of drug-likeness (QED) is 0.133. The van der Waals surface area contributed by atoms with Gasteiger partial charge in [-0.3, -0.25) is 24.6 Å². The van der Waals surface area contributed by atoms with Gasteiger partial charge >= 0.3 is 12.2 Å². The van der Waals surface area contributed by atoms with E-state index in [9.17, 15) is 29.6 Å². The molecule has 2 aromatic carbocycles. The Kier molecular flexibility index (Phi) is 7.92. The molecule has 3 atom stereocenters. The normalized spacial score (nSPS) is 21.3. The molecule has 2 heterocycles. The van der Waals surface area contributed by atoms with Gasteiger partial charge in [0.2, 0.25) is 5.54 Å². The number of nitrogens with zero attached hydrogens (tertiary/aromatic N) is 2. The number of thioether (sulfide) groups is 1. The van der Waals surface area contributed by atoms with E-state index in [2.05, 4.69) is 5.32 Å². The van der Waals surface area contributed by atoms with Gasteiger partial charge in [-0.1, -0.05) is 36.4 Å². The van der Waals surface area contributed by atoms with Crippen molar-refractivity contribution in [2.24, 2.45) is 0 Å². The van der Waals surface area contributed by atoms with Crippen LogP contribution < -0.4 is 10.1 Å². The van der Waals surface area contributed by atoms with Gasteiger partial charge in [0.1, 0.15) is 16.9 Å². The van der Waals surface area contributed by atoms with Crippen LogP contribution in [-0.2, 0) is 19.1 Å². The number of carbonyl (C=O) groups is 3. The maximum atomic E-state index is 13.3. The molecule has 0 radical (unpaired) electrons. The summed E-state index contributed by atoms with van der Waals surface area (Å²) in [5.41, 5.74) is -2.13. The first kappa shape index (κ1) is 25.9. The summed E-state index contributed by atoms with van der Waals surface area (Å²) in [6.07, 6.45) is -0.730. The van der Waals surface area contributed by atoms with Crippen LogP contribution in [0.1, 0.15) is 11.8 Å². The summed E-state index contributed by atoms with van der Waals surface area (Å²) in [7, 11) is 0. The van der Waals surface area contributed by atoms with Crippen LogP contribution >= 0.6 is 25.3 Å². The van der Waals surface area contributed by atoms with Crippen LogP contribution in [0.3, 0.4) is 0 Å². The number of ether oxygens (including phenoxy) is 2. The third kappa shape index (κ3) is 5.05. The number of nitro groups is 1. The predicted molar refractivity (Wildman–Crippen MR) is 129 cm³/mol. The molecule has 0 aromatic heterocycles. The number of aliphatic hydroxyl groups is 1. The SMILES string of the molecule is O=C(COc1ccccc1)NC1(C(=O)OC(c2ccccc2)[N+](=O)[O-])C(=O)N2C=C(O)CS[C@H]21.S. The first-order valence-electron chi connectivity index (χ1n) is 10.1. The second-order valence-electron chi connectivity index (χ2n) is 7.41. The number of rotatable bonds is 8. The summed E-state index contributed by atoms with van der Waals surface area (Å²) in [6, 6.07) is 16.0. The second kappa shape index (κ2) is 10.7. The van der Waals surface area contributed by atoms with Gasteiger partial charge in [0.15, 0.2) is 6.61 Å². The molecule has 13 heteroatoms. The lowest BCUT2D eigenvalue weighted by Crippen LogP contribution is -2.82. The standard InChI is InChI=1S/C22H19N3O8S.H2S/c26-15-11-24-19(28)22(20(24)34-13-15,23-17(27)12-32-16-9-5-2-6-10-16)21(29)33-18(25(30)31)14-7-3-1-4-8-14;/h1-11,18,20,26H,12-13H2,(H,23,27);1H2/t18?,20-,22?;/m0./s1. The van der Waals surface area contributed by atoms with Crippen LogP contribution in [0, 0.1) is 10.1 Å². The number of amides is 2. The molecule has 0 aliphatic carbocycles. The van der Waals surface area contributed by atoms with Gasteiger partial charge in [0.25, 0.3) is 11.8 Å². The van der Waals surface area contributed by atoms with Crippen molar-refractivity contribution in [2.75, 3.05) is 12.4 Å².